The van der Waals surface area contributed by atoms with E-state index in [2.05, 4.69) is 10.3 Å². The molecule has 3 aromatic rings. The van der Waals surface area contributed by atoms with Gasteiger partial charge < -0.3 is 4.74 Å². The number of amides is 1. The highest BCUT2D eigenvalue weighted by Gasteiger charge is 2.26. The third-order valence-corrected chi connectivity index (χ3v) is 7.84. The quantitative estimate of drug-likeness (QED) is 0.624. The normalized spacial score (nSPS) is 15.2. The van der Waals surface area contributed by atoms with E-state index in [1.54, 1.807) is 22.5 Å². The number of thiazole rings is 1. The van der Waals surface area contributed by atoms with Crippen LogP contribution < -0.4 is 10.1 Å². The van der Waals surface area contributed by atoms with Gasteiger partial charge in [-0.3, -0.25) is 10.1 Å². The van der Waals surface area contributed by atoms with E-state index < -0.39 is 10.0 Å². The first kappa shape index (κ1) is 20.8. The number of ether oxygens (including phenoxy) is 1. The zero-order chi connectivity index (χ0) is 21.1. The molecule has 9 heteroatoms. The van der Waals surface area contributed by atoms with Gasteiger partial charge in [0.1, 0.15) is 5.75 Å². The third-order valence-electron chi connectivity index (χ3n) is 5.01. The van der Waals surface area contributed by atoms with Gasteiger partial charge in [-0.15, -0.1) is 0 Å². The van der Waals surface area contributed by atoms with Gasteiger partial charge in [-0.2, -0.15) is 4.31 Å². The van der Waals surface area contributed by atoms with Crippen LogP contribution in [0.3, 0.4) is 0 Å². The predicted molar refractivity (Wildman–Crippen MR) is 118 cm³/mol. The molecule has 0 aliphatic carbocycles. The van der Waals surface area contributed by atoms with Gasteiger partial charge in [-0.25, -0.2) is 13.4 Å². The van der Waals surface area contributed by atoms with E-state index in [0.717, 1.165) is 24.8 Å². The largest absolute Gasteiger partial charge is 0.483 e. The average Bonchev–Trinajstić information content (AvgIpc) is 3.15. The maximum Gasteiger partial charge on any atom is 0.264 e. The summed E-state index contributed by atoms with van der Waals surface area (Å²) in [5.41, 5.74) is 1.60. The number of carbonyl (C=O) groups excluding carboxylic acids is 1. The van der Waals surface area contributed by atoms with Crippen molar-refractivity contribution in [2.24, 2.45) is 0 Å². The summed E-state index contributed by atoms with van der Waals surface area (Å²) >= 11 is 1.25. The summed E-state index contributed by atoms with van der Waals surface area (Å²) in [5, 5.41) is 3.14. The maximum absolute atomic E-state index is 12.9. The lowest BCUT2D eigenvalue weighted by Gasteiger charge is -2.25. The van der Waals surface area contributed by atoms with E-state index >= 15 is 0 Å². The van der Waals surface area contributed by atoms with Crippen LogP contribution in [0.1, 0.15) is 24.8 Å². The molecule has 0 radical (unpaired) electrons. The smallest absolute Gasteiger partial charge is 0.264 e. The van der Waals surface area contributed by atoms with Gasteiger partial charge in [-0.05, 0) is 49.6 Å². The Morgan fingerprint density at radius 1 is 1.17 bits per heavy atom. The minimum absolute atomic E-state index is 0.130. The summed E-state index contributed by atoms with van der Waals surface area (Å²) in [6, 6.07) is 12.4. The Morgan fingerprint density at radius 2 is 1.93 bits per heavy atom. The lowest BCUT2D eigenvalue weighted by molar-refractivity contribution is -0.118. The van der Waals surface area contributed by atoms with Gasteiger partial charge in [0.2, 0.25) is 10.0 Å². The number of hydrogen-bond acceptors (Lipinski definition) is 6. The van der Waals surface area contributed by atoms with Crippen LogP contribution in [0.4, 0.5) is 5.13 Å². The Labute approximate surface area is 179 Å². The molecule has 0 saturated carbocycles. The molecular weight excluding hydrogens is 422 g/mol. The SMILES string of the molecule is Cc1ccccc1OCC(=O)Nc1nc2ccc(S(=O)(=O)N3CCCCC3)cc2s1. The number of nitrogens with one attached hydrogen (secondary N) is 1. The number of fused-ring (bicyclic) bond motifs is 1. The summed E-state index contributed by atoms with van der Waals surface area (Å²) in [6.07, 6.45) is 2.85. The molecule has 4 rings (SSSR count). The van der Waals surface area contributed by atoms with E-state index in [1.807, 2.05) is 31.2 Å². The minimum Gasteiger partial charge on any atom is -0.483 e. The lowest BCUT2D eigenvalue weighted by atomic mass is 10.2. The van der Waals surface area contributed by atoms with Gasteiger partial charge >= 0.3 is 0 Å². The van der Waals surface area contributed by atoms with Crippen LogP contribution in [0.15, 0.2) is 47.4 Å². The zero-order valence-electron chi connectivity index (χ0n) is 16.6. The second-order valence-corrected chi connectivity index (χ2v) is 10.2. The van der Waals surface area contributed by atoms with Crippen molar-refractivity contribution < 1.29 is 17.9 Å². The number of nitrogens with zero attached hydrogens (tertiary/aromatic N) is 2. The molecule has 1 amide bonds. The van der Waals surface area contributed by atoms with Crippen molar-refractivity contribution in [3.05, 3.63) is 48.0 Å². The number of anilines is 1. The van der Waals surface area contributed by atoms with Crippen molar-refractivity contribution in [3.8, 4) is 5.75 Å². The Hall–Kier alpha value is -2.49. The summed E-state index contributed by atoms with van der Waals surface area (Å²) in [4.78, 5) is 16.9. The monoisotopic (exact) mass is 445 g/mol. The highest BCUT2D eigenvalue weighted by molar-refractivity contribution is 7.89. The Bertz CT molecular complexity index is 1170. The molecule has 0 unspecified atom stereocenters. The standard InChI is InChI=1S/C21H23N3O4S2/c1-15-7-3-4-8-18(15)28-14-20(25)23-21-22-17-10-9-16(13-19(17)29-21)30(26,27)24-11-5-2-6-12-24/h3-4,7-10,13H,2,5-6,11-12,14H2,1H3,(H,22,23,25). The van der Waals surface area contributed by atoms with E-state index in [4.69, 9.17) is 4.74 Å². The molecule has 1 aromatic heterocycles. The maximum atomic E-state index is 12.9. The number of aromatic nitrogens is 1. The summed E-state index contributed by atoms with van der Waals surface area (Å²) in [6.45, 7) is 2.90. The lowest BCUT2D eigenvalue weighted by Crippen LogP contribution is -2.35. The first-order valence-corrected chi connectivity index (χ1v) is 12.1. The zero-order valence-corrected chi connectivity index (χ0v) is 18.3. The molecular formula is C21H23N3O4S2. The van der Waals surface area contributed by atoms with Crippen LogP contribution in [-0.2, 0) is 14.8 Å². The van der Waals surface area contributed by atoms with Crippen molar-refractivity contribution in [2.45, 2.75) is 31.1 Å². The van der Waals surface area contributed by atoms with Gasteiger partial charge in [0.25, 0.3) is 5.91 Å². The third kappa shape index (κ3) is 4.48. The molecule has 1 aliphatic heterocycles. The number of sulfonamides is 1. The topological polar surface area (TPSA) is 88.6 Å². The number of carbonyl (C=O) groups is 1. The van der Waals surface area contributed by atoms with Crippen LogP contribution >= 0.6 is 11.3 Å². The van der Waals surface area contributed by atoms with Gasteiger partial charge in [0.05, 0.1) is 15.1 Å². The molecule has 1 fully saturated rings. The Morgan fingerprint density at radius 3 is 2.70 bits per heavy atom. The fourth-order valence-corrected chi connectivity index (χ4v) is 5.93. The summed E-state index contributed by atoms with van der Waals surface area (Å²) in [7, 11) is -3.51. The van der Waals surface area contributed by atoms with Crippen molar-refractivity contribution >= 4 is 42.6 Å². The predicted octanol–water partition coefficient (Wildman–Crippen LogP) is 3.80. The van der Waals surface area contributed by atoms with Crippen LogP contribution in [0.2, 0.25) is 0 Å². The second kappa shape index (κ2) is 8.71. The number of benzene rings is 2. The van der Waals surface area contributed by atoms with E-state index in [-0.39, 0.29) is 17.4 Å². The molecule has 0 atom stereocenters. The van der Waals surface area contributed by atoms with Crippen molar-refractivity contribution in [1.29, 1.82) is 0 Å². The number of rotatable bonds is 6. The molecule has 1 aliphatic rings. The molecule has 1 saturated heterocycles. The van der Waals surface area contributed by atoms with Crippen molar-refractivity contribution in [3.63, 3.8) is 0 Å². The number of hydrogen-bond donors (Lipinski definition) is 1. The first-order chi connectivity index (χ1) is 14.4. The van der Waals surface area contributed by atoms with E-state index in [9.17, 15) is 13.2 Å². The highest BCUT2D eigenvalue weighted by atomic mass is 32.2. The molecule has 2 aromatic carbocycles. The molecule has 30 heavy (non-hydrogen) atoms. The fraction of sp³-hybridized carbons (Fsp3) is 0.333. The van der Waals surface area contributed by atoms with Gasteiger partial charge in [0.15, 0.2) is 11.7 Å². The molecule has 2 heterocycles. The highest BCUT2D eigenvalue weighted by Crippen LogP contribution is 2.30. The van der Waals surface area contributed by atoms with Gasteiger partial charge in [-0.1, -0.05) is 36.0 Å². The number of piperidine rings is 1. The summed E-state index contributed by atoms with van der Waals surface area (Å²) < 4.78 is 33.6. The summed E-state index contributed by atoms with van der Waals surface area (Å²) in [5.74, 6) is 0.336. The van der Waals surface area contributed by atoms with Crippen molar-refractivity contribution in [1.82, 2.24) is 9.29 Å². The molecule has 0 bridgehead atoms. The number of para-hydroxylation sites is 1. The average molecular weight is 446 g/mol. The number of aryl methyl sites for hydroxylation is 1. The van der Waals surface area contributed by atoms with E-state index in [0.29, 0.717) is 34.2 Å². The molecule has 0 spiro atoms. The second-order valence-electron chi connectivity index (χ2n) is 7.22. The van der Waals surface area contributed by atoms with Gasteiger partial charge in [0, 0.05) is 13.1 Å². The molecule has 158 valence electrons. The molecule has 7 nitrogen and oxygen atoms in total. The van der Waals surface area contributed by atoms with Crippen LogP contribution in [0, 0.1) is 6.92 Å². The minimum atomic E-state index is -3.51. The van der Waals surface area contributed by atoms with Crippen LogP contribution in [0.5, 0.6) is 5.75 Å². The first-order valence-electron chi connectivity index (χ1n) is 9.82. The Kier molecular flexibility index (Phi) is 6.03. The van der Waals surface area contributed by atoms with Crippen LogP contribution in [0.25, 0.3) is 10.2 Å². The van der Waals surface area contributed by atoms with Crippen molar-refractivity contribution in [2.75, 3.05) is 25.0 Å². The van der Waals surface area contributed by atoms with Crippen LogP contribution in [-0.4, -0.2) is 43.3 Å². The Balaban J connectivity index is 1.46. The van der Waals surface area contributed by atoms with E-state index in [1.165, 1.54) is 11.3 Å². The molecule has 1 N–H and O–H groups in total. The fourth-order valence-electron chi connectivity index (χ4n) is 3.39.